The summed E-state index contributed by atoms with van der Waals surface area (Å²) in [6, 6.07) is 8.60. The Labute approximate surface area is 153 Å². The summed E-state index contributed by atoms with van der Waals surface area (Å²) in [6.07, 6.45) is 3.53. The van der Waals surface area contributed by atoms with Crippen molar-refractivity contribution in [1.29, 1.82) is 0 Å². The van der Waals surface area contributed by atoms with Gasteiger partial charge in [0.25, 0.3) is 5.88 Å². The summed E-state index contributed by atoms with van der Waals surface area (Å²) >= 11 is 6.08. The second-order valence-electron chi connectivity index (χ2n) is 6.47. The molecule has 1 aliphatic heterocycles. The van der Waals surface area contributed by atoms with Crippen LogP contribution in [0.3, 0.4) is 0 Å². The van der Waals surface area contributed by atoms with Crippen molar-refractivity contribution in [3.05, 3.63) is 46.1 Å². The Kier molecular flexibility index (Phi) is 5.76. The van der Waals surface area contributed by atoms with Crippen LogP contribution in [0.1, 0.15) is 42.1 Å². The SMILES string of the molecule is COc1nnc(Cl)c(C)c1NC[C@H]1CCC[C@@H](c2ccc(C)cc2)O1. The number of aryl methyl sites for hydroxylation is 1. The van der Waals surface area contributed by atoms with E-state index in [1.165, 1.54) is 11.1 Å². The fraction of sp³-hybridized carbons (Fsp3) is 0.474. The van der Waals surface area contributed by atoms with E-state index in [4.69, 9.17) is 21.1 Å². The molecule has 2 aromatic rings. The molecule has 6 heteroatoms. The molecule has 0 radical (unpaired) electrons. The second-order valence-corrected chi connectivity index (χ2v) is 6.83. The number of methoxy groups -OCH3 is 1. The molecule has 134 valence electrons. The molecule has 1 aliphatic rings. The standard InChI is InChI=1S/C19H24ClN3O2/c1-12-7-9-14(10-8-12)16-6-4-5-15(25-16)11-21-17-13(2)18(20)22-23-19(17)24-3/h7-10,15-16H,4-6,11H2,1-3H3,(H,21,22)/t15-,16+/m1/s1. The fourth-order valence-electron chi connectivity index (χ4n) is 3.12. The lowest BCUT2D eigenvalue weighted by atomic mass is 9.97. The molecule has 1 aromatic heterocycles. The predicted octanol–water partition coefficient (Wildman–Crippen LogP) is 4.48. The highest BCUT2D eigenvalue weighted by Crippen LogP contribution is 2.33. The highest BCUT2D eigenvalue weighted by molar-refractivity contribution is 6.30. The van der Waals surface area contributed by atoms with Crippen LogP contribution in [0.4, 0.5) is 5.69 Å². The first-order valence-corrected chi connectivity index (χ1v) is 8.99. The summed E-state index contributed by atoms with van der Waals surface area (Å²) in [7, 11) is 1.58. The largest absolute Gasteiger partial charge is 0.478 e. The molecule has 0 saturated carbocycles. The van der Waals surface area contributed by atoms with Gasteiger partial charge in [0.15, 0.2) is 5.15 Å². The topological polar surface area (TPSA) is 56.3 Å². The summed E-state index contributed by atoms with van der Waals surface area (Å²) in [4.78, 5) is 0. The molecule has 2 heterocycles. The summed E-state index contributed by atoms with van der Waals surface area (Å²) < 4.78 is 11.6. The number of hydrogen-bond acceptors (Lipinski definition) is 5. The van der Waals surface area contributed by atoms with Gasteiger partial charge in [-0.3, -0.25) is 0 Å². The van der Waals surface area contributed by atoms with Gasteiger partial charge in [0.1, 0.15) is 5.69 Å². The minimum Gasteiger partial charge on any atom is -0.478 e. The Bertz CT molecular complexity index is 721. The highest BCUT2D eigenvalue weighted by Gasteiger charge is 2.24. The molecule has 1 saturated heterocycles. The van der Waals surface area contributed by atoms with Gasteiger partial charge in [-0.15, -0.1) is 10.2 Å². The maximum Gasteiger partial charge on any atom is 0.257 e. The van der Waals surface area contributed by atoms with Crippen molar-refractivity contribution in [2.45, 2.75) is 45.3 Å². The number of ether oxygens (including phenoxy) is 2. The number of nitrogens with one attached hydrogen (secondary N) is 1. The van der Waals surface area contributed by atoms with Gasteiger partial charge in [0, 0.05) is 12.1 Å². The first kappa shape index (κ1) is 18.0. The zero-order chi connectivity index (χ0) is 17.8. The van der Waals surface area contributed by atoms with E-state index in [1.54, 1.807) is 7.11 Å². The second kappa shape index (κ2) is 8.02. The van der Waals surface area contributed by atoms with Crippen LogP contribution in [0, 0.1) is 13.8 Å². The van der Waals surface area contributed by atoms with Crippen molar-refractivity contribution in [2.24, 2.45) is 0 Å². The van der Waals surface area contributed by atoms with Crippen molar-refractivity contribution < 1.29 is 9.47 Å². The monoisotopic (exact) mass is 361 g/mol. The molecule has 2 atom stereocenters. The van der Waals surface area contributed by atoms with Gasteiger partial charge in [0.2, 0.25) is 0 Å². The number of rotatable bonds is 5. The van der Waals surface area contributed by atoms with Crippen LogP contribution in [-0.4, -0.2) is 30.0 Å². The molecule has 25 heavy (non-hydrogen) atoms. The van der Waals surface area contributed by atoms with Crippen molar-refractivity contribution >= 4 is 17.3 Å². The van der Waals surface area contributed by atoms with E-state index >= 15 is 0 Å². The average molecular weight is 362 g/mol. The minimum atomic E-state index is 0.135. The summed E-state index contributed by atoms with van der Waals surface area (Å²) in [5.41, 5.74) is 4.13. The summed E-state index contributed by atoms with van der Waals surface area (Å²) in [6.45, 7) is 4.68. The average Bonchev–Trinajstić information content (AvgIpc) is 2.64. The lowest BCUT2D eigenvalue weighted by molar-refractivity contribution is -0.0442. The van der Waals surface area contributed by atoms with Gasteiger partial charge in [-0.1, -0.05) is 41.4 Å². The molecule has 3 rings (SSSR count). The number of hydrogen-bond donors (Lipinski definition) is 1. The third-order valence-corrected chi connectivity index (χ3v) is 4.98. The van der Waals surface area contributed by atoms with Gasteiger partial charge in [0.05, 0.1) is 19.3 Å². The lowest BCUT2D eigenvalue weighted by Crippen LogP contribution is -2.29. The minimum absolute atomic E-state index is 0.135. The van der Waals surface area contributed by atoms with E-state index in [-0.39, 0.29) is 12.2 Å². The molecule has 5 nitrogen and oxygen atoms in total. The predicted molar refractivity (Wildman–Crippen MR) is 99.5 cm³/mol. The Morgan fingerprint density at radius 3 is 2.68 bits per heavy atom. The molecule has 1 N–H and O–H groups in total. The van der Waals surface area contributed by atoms with Crippen molar-refractivity contribution in [3.63, 3.8) is 0 Å². The molecule has 1 aromatic carbocycles. The number of anilines is 1. The van der Waals surface area contributed by atoms with Crippen molar-refractivity contribution in [1.82, 2.24) is 10.2 Å². The molecule has 1 fully saturated rings. The Balaban J connectivity index is 1.66. The molecule has 0 spiro atoms. The first-order valence-electron chi connectivity index (χ1n) is 8.61. The van der Waals surface area contributed by atoms with Gasteiger partial charge >= 0.3 is 0 Å². The molecular formula is C19H24ClN3O2. The van der Waals surface area contributed by atoms with E-state index in [9.17, 15) is 0 Å². The van der Waals surface area contributed by atoms with Crippen LogP contribution >= 0.6 is 11.6 Å². The summed E-state index contributed by atoms with van der Waals surface area (Å²) in [5, 5.41) is 11.6. The maximum atomic E-state index is 6.31. The summed E-state index contributed by atoms with van der Waals surface area (Å²) in [5.74, 6) is 0.452. The van der Waals surface area contributed by atoms with E-state index in [2.05, 4.69) is 46.7 Å². The number of benzene rings is 1. The third-order valence-electron chi connectivity index (χ3n) is 4.63. The van der Waals surface area contributed by atoms with Crippen LogP contribution < -0.4 is 10.1 Å². The number of aromatic nitrogens is 2. The van der Waals surface area contributed by atoms with E-state index in [0.717, 1.165) is 30.5 Å². The fourth-order valence-corrected chi connectivity index (χ4v) is 3.25. The van der Waals surface area contributed by atoms with Crippen molar-refractivity contribution in [2.75, 3.05) is 19.0 Å². The van der Waals surface area contributed by atoms with Gasteiger partial charge in [-0.2, -0.15) is 0 Å². The van der Waals surface area contributed by atoms with E-state index < -0.39 is 0 Å². The van der Waals surface area contributed by atoms with E-state index in [1.807, 2.05) is 6.92 Å². The van der Waals surface area contributed by atoms with Crippen LogP contribution in [0.15, 0.2) is 24.3 Å². The third kappa shape index (κ3) is 4.22. The molecular weight excluding hydrogens is 338 g/mol. The van der Waals surface area contributed by atoms with Gasteiger partial charge in [-0.25, -0.2) is 0 Å². The van der Waals surface area contributed by atoms with Crippen LogP contribution in [0.2, 0.25) is 5.15 Å². The van der Waals surface area contributed by atoms with Crippen LogP contribution in [-0.2, 0) is 4.74 Å². The van der Waals surface area contributed by atoms with Gasteiger partial charge < -0.3 is 14.8 Å². The van der Waals surface area contributed by atoms with Gasteiger partial charge in [-0.05, 0) is 38.7 Å². The lowest BCUT2D eigenvalue weighted by Gasteiger charge is -2.31. The molecule has 0 bridgehead atoms. The maximum absolute atomic E-state index is 6.31. The van der Waals surface area contributed by atoms with Crippen LogP contribution in [0.5, 0.6) is 5.88 Å². The molecule has 0 unspecified atom stereocenters. The zero-order valence-electron chi connectivity index (χ0n) is 14.9. The smallest absolute Gasteiger partial charge is 0.257 e. The number of halogens is 1. The van der Waals surface area contributed by atoms with Crippen molar-refractivity contribution in [3.8, 4) is 5.88 Å². The van der Waals surface area contributed by atoms with Crippen LogP contribution in [0.25, 0.3) is 0 Å². The Morgan fingerprint density at radius 1 is 1.20 bits per heavy atom. The first-order chi connectivity index (χ1) is 12.1. The molecule has 0 amide bonds. The number of nitrogens with zero attached hydrogens (tertiary/aromatic N) is 2. The quantitative estimate of drug-likeness (QED) is 0.851. The normalized spacial score (nSPS) is 20.3. The molecule has 0 aliphatic carbocycles. The zero-order valence-corrected chi connectivity index (χ0v) is 15.6. The Morgan fingerprint density at radius 2 is 1.96 bits per heavy atom. The van der Waals surface area contributed by atoms with E-state index in [0.29, 0.717) is 17.6 Å². The Hall–Kier alpha value is -1.85. The highest BCUT2D eigenvalue weighted by atomic mass is 35.5.